The number of amides is 2. The zero-order valence-electron chi connectivity index (χ0n) is 20.1. The van der Waals surface area contributed by atoms with Gasteiger partial charge in [0.2, 0.25) is 11.8 Å². The maximum Gasteiger partial charge on any atom is 0.253 e. The first-order valence-corrected chi connectivity index (χ1v) is 13.4. The van der Waals surface area contributed by atoms with Gasteiger partial charge in [0.05, 0.1) is 15.9 Å². The number of halogens is 3. The van der Waals surface area contributed by atoms with Gasteiger partial charge in [-0.2, -0.15) is 0 Å². The molecule has 2 aliphatic heterocycles. The number of nitrogens with zero attached hydrogens (tertiary/aromatic N) is 3. The van der Waals surface area contributed by atoms with Crippen LogP contribution in [0.25, 0.3) is 0 Å². The molecule has 6 nitrogen and oxygen atoms in total. The average Bonchev–Trinajstić information content (AvgIpc) is 3.31. The quantitative estimate of drug-likeness (QED) is 0.354. The molecular weight excluding hydrogens is 561 g/mol. The molecule has 3 aromatic rings. The molecule has 0 radical (unpaired) electrons. The fourth-order valence-corrected chi connectivity index (χ4v) is 5.64. The van der Waals surface area contributed by atoms with Crippen molar-refractivity contribution in [3.63, 3.8) is 0 Å². The van der Waals surface area contributed by atoms with Gasteiger partial charge in [0.1, 0.15) is 11.6 Å². The van der Waals surface area contributed by atoms with Gasteiger partial charge < -0.3 is 14.5 Å². The van der Waals surface area contributed by atoms with Crippen molar-refractivity contribution in [1.82, 2.24) is 14.8 Å². The van der Waals surface area contributed by atoms with E-state index in [1.807, 2.05) is 9.80 Å². The van der Waals surface area contributed by atoms with Crippen LogP contribution in [-0.4, -0.2) is 51.8 Å². The number of ether oxygens (including phenoxy) is 1. The van der Waals surface area contributed by atoms with Crippen molar-refractivity contribution in [2.45, 2.75) is 37.6 Å². The molecule has 0 bridgehead atoms. The highest BCUT2D eigenvalue weighted by Gasteiger charge is 2.45. The van der Waals surface area contributed by atoms with E-state index < -0.39 is 0 Å². The molecule has 2 saturated heterocycles. The van der Waals surface area contributed by atoms with E-state index in [-0.39, 0.29) is 29.6 Å². The van der Waals surface area contributed by atoms with E-state index in [2.05, 4.69) is 20.9 Å². The topological polar surface area (TPSA) is 62.7 Å². The number of piperidine rings is 1. The Morgan fingerprint density at radius 1 is 1.03 bits per heavy atom. The SMILES string of the molecule is O=C(c1ccc(Oc2ccc(Cl)cn2)cc1)N1CCC2(CCCN2C(=O)Cc2ccc(Br)c(F)c2)CC1. The van der Waals surface area contributed by atoms with Crippen molar-refractivity contribution < 1.29 is 18.7 Å². The number of likely N-dealkylation sites (tertiary alicyclic amines) is 2. The van der Waals surface area contributed by atoms with Crippen molar-refractivity contribution in [3.8, 4) is 11.6 Å². The van der Waals surface area contributed by atoms with Crippen LogP contribution in [-0.2, 0) is 11.2 Å². The van der Waals surface area contributed by atoms with Crippen LogP contribution in [0.1, 0.15) is 41.6 Å². The monoisotopic (exact) mass is 585 g/mol. The number of carbonyl (C=O) groups excluding carboxylic acids is 2. The lowest BCUT2D eigenvalue weighted by Crippen LogP contribution is -2.55. The van der Waals surface area contributed by atoms with Gasteiger partial charge in [0.25, 0.3) is 5.91 Å². The number of pyridine rings is 1. The Morgan fingerprint density at radius 3 is 2.46 bits per heavy atom. The maximum absolute atomic E-state index is 13.9. The van der Waals surface area contributed by atoms with E-state index in [1.54, 1.807) is 48.5 Å². The van der Waals surface area contributed by atoms with Gasteiger partial charge in [-0.25, -0.2) is 9.37 Å². The molecule has 192 valence electrons. The van der Waals surface area contributed by atoms with E-state index in [9.17, 15) is 14.0 Å². The van der Waals surface area contributed by atoms with Gasteiger partial charge in [-0.05, 0) is 89.6 Å². The van der Waals surface area contributed by atoms with Gasteiger partial charge in [0.15, 0.2) is 0 Å². The van der Waals surface area contributed by atoms with Crippen LogP contribution in [0.2, 0.25) is 5.02 Å². The number of hydrogen-bond donors (Lipinski definition) is 0. The van der Waals surface area contributed by atoms with Gasteiger partial charge in [0, 0.05) is 43.0 Å². The molecule has 3 heterocycles. The maximum atomic E-state index is 13.9. The Morgan fingerprint density at radius 2 is 1.78 bits per heavy atom. The molecule has 1 spiro atoms. The second kappa shape index (κ2) is 10.8. The highest BCUT2D eigenvalue weighted by Crippen LogP contribution is 2.39. The third kappa shape index (κ3) is 5.65. The first-order valence-electron chi connectivity index (χ1n) is 12.3. The van der Waals surface area contributed by atoms with Crippen molar-refractivity contribution >= 4 is 39.3 Å². The summed E-state index contributed by atoms with van der Waals surface area (Å²) in [6.45, 7) is 1.88. The van der Waals surface area contributed by atoms with Crippen LogP contribution in [0.3, 0.4) is 0 Å². The molecule has 0 saturated carbocycles. The molecule has 9 heteroatoms. The van der Waals surface area contributed by atoms with Crippen LogP contribution in [0.15, 0.2) is 65.3 Å². The Bertz CT molecular complexity index is 1300. The Labute approximate surface area is 228 Å². The summed E-state index contributed by atoms with van der Waals surface area (Å²) in [7, 11) is 0. The van der Waals surface area contributed by atoms with E-state index in [1.165, 1.54) is 12.3 Å². The largest absolute Gasteiger partial charge is 0.439 e. The minimum absolute atomic E-state index is 0.0183. The third-order valence-corrected chi connectivity index (χ3v) is 8.11. The highest BCUT2D eigenvalue weighted by atomic mass is 79.9. The number of carbonyl (C=O) groups is 2. The van der Waals surface area contributed by atoms with Crippen molar-refractivity contribution in [3.05, 3.63) is 87.2 Å². The predicted octanol–water partition coefficient (Wildman–Crippen LogP) is 6.27. The molecule has 1 aromatic heterocycles. The first-order chi connectivity index (χ1) is 17.8. The predicted molar refractivity (Wildman–Crippen MR) is 142 cm³/mol. The number of benzene rings is 2. The molecular formula is C28H26BrClFN3O3. The minimum atomic E-state index is -0.366. The average molecular weight is 587 g/mol. The lowest BCUT2D eigenvalue weighted by Gasteiger charge is -2.45. The zero-order chi connectivity index (χ0) is 26.0. The molecule has 37 heavy (non-hydrogen) atoms. The summed E-state index contributed by atoms with van der Waals surface area (Å²) >= 11 is 9.01. The third-order valence-electron chi connectivity index (χ3n) is 7.24. The summed E-state index contributed by atoms with van der Waals surface area (Å²) < 4.78 is 20.0. The van der Waals surface area contributed by atoms with Crippen LogP contribution < -0.4 is 4.74 Å². The minimum Gasteiger partial charge on any atom is -0.439 e. The Balaban J connectivity index is 1.19. The van der Waals surface area contributed by atoms with Gasteiger partial charge in [-0.3, -0.25) is 9.59 Å². The standard InChI is InChI=1S/C28H26BrClFN3O3/c29-23-8-2-19(16-24(23)31)17-26(35)34-13-1-10-28(34)11-14-33(15-12-28)27(36)20-3-6-22(7-4-20)37-25-9-5-21(30)18-32-25/h2-9,16,18H,1,10-15,17H2. The normalized spacial score (nSPS) is 16.7. The van der Waals surface area contributed by atoms with Crippen molar-refractivity contribution in [1.29, 1.82) is 0 Å². The van der Waals surface area contributed by atoms with E-state index in [4.69, 9.17) is 16.3 Å². The van der Waals surface area contributed by atoms with Crippen LogP contribution in [0, 0.1) is 5.82 Å². The first kappa shape index (κ1) is 25.7. The summed E-state index contributed by atoms with van der Waals surface area (Å²) in [5.74, 6) is 0.618. The van der Waals surface area contributed by atoms with Crippen molar-refractivity contribution in [2.24, 2.45) is 0 Å². The van der Waals surface area contributed by atoms with Crippen molar-refractivity contribution in [2.75, 3.05) is 19.6 Å². The van der Waals surface area contributed by atoms with Gasteiger partial charge in [-0.15, -0.1) is 0 Å². The zero-order valence-corrected chi connectivity index (χ0v) is 22.5. The van der Waals surface area contributed by atoms with Gasteiger partial charge in [-0.1, -0.05) is 17.7 Å². The number of aromatic nitrogens is 1. The fourth-order valence-electron chi connectivity index (χ4n) is 5.28. The number of hydrogen-bond acceptors (Lipinski definition) is 4. The van der Waals surface area contributed by atoms with Gasteiger partial charge >= 0.3 is 0 Å². The van der Waals surface area contributed by atoms with E-state index in [0.717, 1.165) is 25.7 Å². The molecule has 0 unspecified atom stereocenters. The highest BCUT2D eigenvalue weighted by molar-refractivity contribution is 9.10. The molecule has 0 N–H and O–H groups in total. The molecule has 0 atom stereocenters. The van der Waals surface area contributed by atoms with Crippen LogP contribution in [0.5, 0.6) is 11.6 Å². The molecule has 2 aromatic carbocycles. The Hall–Kier alpha value is -2.97. The second-order valence-corrected chi connectivity index (χ2v) is 10.8. The van der Waals surface area contributed by atoms with E-state index >= 15 is 0 Å². The number of rotatable bonds is 5. The van der Waals surface area contributed by atoms with Crippen LogP contribution >= 0.6 is 27.5 Å². The molecule has 2 fully saturated rings. The summed E-state index contributed by atoms with van der Waals surface area (Å²) in [5.41, 5.74) is 1.02. The lowest BCUT2D eigenvalue weighted by molar-refractivity contribution is -0.136. The molecule has 5 rings (SSSR count). The fraction of sp³-hybridized carbons (Fsp3) is 0.321. The summed E-state index contributed by atoms with van der Waals surface area (Å²) in [6.07, 6.45) is 5.04. The molecule has 2 aliphatic rings. The van der Waals surface area contributed by atoms with E-state index in [0.29, 0.717) is 51.9 Å². The summed E-state index contributed by atoms with van der Waals surface area (Å²) in [6, 6.07) is 15.2. The summed E-state index contributed by atoms with van der Waals surface area (Å²) in [5, 5.41) is 0.529. The summed E-state index contributed by atoms with van der Waals surface area (Å²) in [4.78, 5) is 34.3. The Kier molecular flexibility index (Phi) is 7.49. The van der Waals surface area contributed by atoms with Crippen LogP contribution in [0.4, 0.5) is 4.39 Å². The second-order valence-electron chi connectivity index (χ2n) is 9.53. The lowest BCUT2D eigenvalue weighted by atomic mass is 9.84. The molecule has 2 amide bonds. The molecule has 0 aliphatic carbocycles. The smallest absolute Gasteiger partial charge is 0.253 e.